The number of hydrogen-bond acceptors (Lipinski definition) is 7. The lowest BCUT2D eigenvalue weighted by Gasteiger charge is -2.07. The Morgan fingerprint density at radius 1 is 0.885 bits per heavy atom. The maximum atomic E-state index is 5.66. The van der Waals surface area contributed by atoms with Gasteiger partial charge in [0.1, 0.15) is 23.0 Å². The Morgan fingerprint density at radius 3 is 2.23 bits per heavy atom. The Labute approximate surface area is 151 Å². The SMILES string of the molecule is CCOc1ccc(OCc2nc(-c3ccc(OC)cc3OC)no2)cc1. The van der Waals surface area contributed by atoms with Crippen molar-refractivity contribution in [3.05, 3.63) is 48.4 Å². The minimum atomic E-state index is 0.166. The fourth-order valence-corrected chi connectivity index (χ4v) is 2.35. The number of rotatable bonds is 8. The molecule has 0 saturated carbocycles. The molecule has 1 aromatic heterocycles. The molecule has 0 saturated heterocycles. The van der Waals surface area contributed by atoms with Gasteiger partial charge in [-0.1, -0.05) is 5.16 Å². The van der Waals surface area contributed by atoms with Gasteiger partial charge in [0.2, 0.25) is 5.82 Å². The number of aromatic nitrogens is 2. The second-order valence-corrected chi connectivity index (χ2v) is 5.27. The minimum Gasteiger partial charge on any atom is -0.497 e. The Kier molecular flexibility index (Phi) is 5.58. The summed E-state index contributed by atoms with van der Waals surface area (Å²) in [6, 6.07) is 12.7. The topological polar surface area (TPSA) is 75.8 Å². The van der Waals surface area contributed by atoms with Crippen molar-refractivity contribution >= 4 is 0 Å². The standard InChI is InChI=1S/C19H20N2O5/c1-4-24-13-5-7-14(8-6-13)25-12-18-20-19(21-26-18)16-10-9-15(22-2)11-17(16)23-3/h5-11H,4,12H2,1-3H3. The Bertz CT molecular complexity index is 845. The lowest BCUT2D eigenvalue weighted by atomic mass is 10.2. The zero-order chi connectivity index (χ0) is 18.4. The molecule has 0 atom stereocenters. The van der Waals surface area contributed by atoms with Gasteiger partial charge in [-0.25, -0.2) is 0 Å². The van der Waals surface area contributed by atoms with Crippen LogP contribution in [0.25, 0.3) is 11.4 Å². The molecule has 136 valence electrons. The van der Waals surface area contributed by atoms with Crippen LogP contribution >= 0.6 is 0 Å². The van der Waals surface area contributed by atoms with Gasteiger partial charge in [0.25, 0.3) is 5.89 Å². The Balaban J connectivity index is 1.68. The first-order chi connectivity index (χ1) is 12.7. The van der Waals surface area contributed by atoms with Crippen LogP contribution in [-0.4, -0.2) is 31.0 Å². The average molecular weight is 356 g/mol. The van der Waals surface area contributed by atoms with Crippen molar-refractivity contribution < 1.29 is 23.5 Å². The summed E-state index contributed by atoms with van der Waals surface area (Å²) < 4.78 is 26.9. The molecular weight excluding hydrogens is 336 g/mol. The van der Waals surface area contributed by atoms with E-state index in [1.165, 1.54) is 0 Å². The summed E-state index contributed by atoms with van der Waals surface area (Å²) >= 11 is 0. The number of nitrogens with zero attached hydrogens (tertiary/aromatic N) is 2. The van der Waals surface area contributed by atoms with E-state index in [0.29, 0.717) is 41.1 Å². The molecule has 2 aromatic carbocycles. The highest BCUT2D eigenvalue weighted by Crippen LogP contribution is 2.31. The summed E-state index contributed by atoms with van der Waals surface area (Å²) in [6.45, 7) is 2.73. The minimum absolute atomic E-state index is 0.166. The molecule has 0 aliphatic rings. The van der Waals surface area contributed by atoms with Crippen LogP contribution in [0.4, 0.5) is 0 Å². The van der Waals surface area contributed by atoms with Crippen molar-refractivity contribution in [2.24, 2.45) is 0 Å². The molecule has 0 aliphatic carbocycles. The summed E-state index contributed by atoms with van der Waals surface area (Å²) in [7, 11) is 3.17. The summed E-state index contributed by atoms with van der Waals surface area (Å²) in [5, 5.41) is 3.99. The monoisotopic (exact) mass is 356 g/mol. The maximum absolute atomic E-state index is 5.66. The smallest absolute Gasteiger partial charge is 0.264 e. The third kappa shape index (κ3) is 4.05. The van der Waals surface area contributed by atoms with Gasteiger partial charge in [-0.15, -0.1) is 0 Å². The normalized spacial score (nSPS) is 10.4. The zero-order valence-electron chi connectivity index (χ0n) is 14.9. The quantitative estimate of drug-likeness (QED) is 0.608. The van der Waals surface area contributed by atoms with Gasteiger partial charge >= 0.3 is 0 Å². The third-order valence-electron chi connectivity index (χ3n) is 3.61. The van der Waals surface area contributed by atoms with E-state index in [9.17, 15) is 0 Å². The molecule has 7 heteroatoms. The van der Waals surface area contributed by atoms with E-state index >= 15 is 0 Å². The number of benzene rings is 2. The molecule has 3 rings (SSSR count). The van der Waals surface area contributed by atoms with Crippen LogP contribution in [0, 0.1) is 0 Å². The first-order valence-electron chi connectivity index (χ1n) is 8.14. The van der Waals surface area contributed by atoms with E-state index in [1.54, 1.807) is 20.3 Å². The van der Waals surface area contributed by atoms with Crippen LogP contribution in [0.15, 0.2) is 47.0 Å². The third-order valence-corrected chi connectivity index (χ3v) is 3.61. The molecule has 26 heavy (non-hydrogen) atoms. The summed E-state index contributed by atoms with van der Waals surface area (Å²) in [6.07, 6.45) is 0. The predicted octanol–water partition coefficient (Wildman–Crippen LogP) is 3.73. The van der Waals surface area contributed by atoms with E-state index in [0.717, 1.165) is 5.75 Å². The maximum Gasteiger partial charge on any atom is 0.264 e. The molecule has 7 nitrogen and oxygen atoms in total. The molecule has 1 heterocycles. The van der Waals surface area contributed by atoms with Crippen LogP contribution < -0.4 is 18.9 Å². The molecule has 0 spiro atoms. The highest BCUT2D eigenvalue weighted by molar-refractivity contribution is 5.65. The van der Waals surface area contributed by atoms with Gasteiger partial charge < -0.3 is 23.5 Å². The molecule has 0 unspecified atom stereocenters. The van der Waals surface area contributed by atoms with E-state index in [4.69, 9.17) is 23.5 Å². The van der Waals surface area contributed by atoms with Crippen LogP contribution in [-0.2, 0) is 6.61 Å². The highest BCUT2D eigenvalue weighted by Gasteiger charge is 2.14. The second-order valence-electron chi connectivity index (χ2n) is 5.27. The number of ether oxygens (including phenoxy) is 4. The second kappa shape index (κ2) is 8.24. The van der Waals surface area contributed by atoms with E-state index in [2.05, 4.69) is 10.1 Å². The molecule has 0 aliphatic heterocycles. The first kappa shape index (κ1) is 17.6. The Morgan fingerprint density at radius 2 is 1.58 bits per heavy atom. The predicted molar refractivity (Wildman–Crippen MR) is 94.8 cm³/mol. The van der Waals surface area contributed by atoms with Crippen molar-refractivity contribution in [2.75, 3.05) is 20.8 Å². The zero-order valence-corrected chi connectivity index (χ0v) is 14.9. The van der Waals surface area contributed by atoms with Gasteiger partial charge in [-0.3, -0.25) is 0 Å². The van der Waals surface area contributed by atoms with Gasteiger partial charge in [0.05, 0.1) is 26.4 Å². The highest BCUT2D eigenvalue weighted by atomic mass is 16.5. The summed E-state index contributed by atoms with van der Waals surface area (Å²) in [5.74, 6) is 3.57. The van der Waals surface area contributed by atoms with E-state index < -0.39 is 0 Å². The molecule has 0 bridgehead atoms. The molecule has 0 fully saturated rings. The summed E-state index contributed by atoms with van der Waals surface area (Å²) in [4.78, 5) is 4.36. The molecule has 0 radical (unpaired) electrons. The fraction of sp³-hybridized carbons (Fsp3) is 0.263. The van der Waals surface area contributed by atoms with Crippen molar-refractivity contribution in [1.29, 1.82) is 0 Å². The van der Waals surface area contributed by atoms with Crippen LogP contribution in [0.3, 0.4) is 0 Å². The molecule has 0 amide bonds. The van der Waals surface area contributed by atoms with E-state index in [1.807, 2.05) is 43.3 Å². The van der Waals surface area contributed by atoms with Gasteiger partial charge in [-0.2, -0.15) is 4.98 Å². The van der Waals surface area contributed by atoms with Crippen molar-refractivity contribution in [1.82, 2.24) is 10.1 Å². The fourth-order valence-electron chi connectivity index (χ4n) is 2.35. The van der Waals surface area contributed by atoms with Crippen LogP contribution in [0.2, 0.25) is 0 Å². The average Bonchev–Trinajstić information content (AvgIpc) is 3.16. The van der Waals surface area contributed by atoms with Gasteiger partial charge in [0, 0.05) is 6.07 Å². The van der Waals surface area contributed by atoms with E-state index in [-0.39, 0.29) is 6.61 Å². The Hall–Kier alpha value is -3.22. The van der Waals surface area contributed by atoms with Crippen molar-refractivity contribution in [3.8, 4) is 34.4 Å². The van der Waals surface area contributed by atoms with Crippen molar-refractivity contribution in [2.45, 2.75) is 13.5 Å². The molecule has 3 aromatic rings. The molecule has 0 N–H and O–H groups in total. The van der Waals surface area contributed by atoms with Crippen LogP contribution in [0.1, 0.15) is 12.8 Å². The number of methoxy groups -OCH3 is 2. The lowest BCUT2D eigenvalue weighted by Crippen LogP contribution is -1.96. The van der Waals surface area contributed by atoms with Gasteiger partial charge in [0.15, 0.2) is 6.61 Å². The first-order valence-corrected chi connectivity index (χ1v) is 8.14. The van der Waals surface area contributed by atoms with Gasteiger partial charge in [-0.05, 0) is 43.3 Å². The number of hydrogen-bond donors (Lipinski definition) is 0. The van der Waals surface area contributed by atoms with Crippen molar-refractivity contribution in [3.63, 3.8) is 0 Å². The largest absolute Gasteiger partial charge is 0.497 e. The summed E-state index contributed by atoms with van der Waals surface area (Å²) in [5.41, 5.74) is 0.712. The molecular formula is C19H20N2O5. The lowest BCUT2D eigenvalue weighted by molar-refractivity contribution is 0.242. The van der Waals surface area contributed by atoms with Crippen LogP contribution in [0.5, 0.6) is 23.0 Å².